The van der Waals surface area contributed by atoms with Crippen LogP contribution in [0.25, 0.3) is 10.2 Å². The molecule has 0 aliphatic carbocycles. The molecule has 0 fully saturated rings. The highest BCUT2D eigenvalue weighted by Gasteiger charge is 2.22. The summed E-state index contributed by atoms with van der Waals surface area (Å²) in [5.41, 5.74) is 2.58. The highest BCUT2D eigenvalue weighted by Crippen LogP contribution is 2.32. The van der Waals surface area contributed by atoms with Gasteiger partial charge in [0.05, 0.1) is 30.8 Å². The van der Waals surface area contributed by atoms with E-state index in [0.717, 1.165) is 23.2 Å². The van der Waals surface area contributed by atoms with Gasteiger partial charge in [-0.25, -0.2) is 9.97 Å². The van der Waals surface area contributed by atoms with Gasteiger partial charge in [0.15, 0.2) is 16.6 Å². The molecule has 0 atom stereocenters. The second kappa shape index (κ2) is 9.18. The molecule has 0 bridgehead atoms. The SMILES string of the molecule is COc1ccc(C(=O)N(CCCn2ccnc2)c2nc3ccc(C)cc3s2)cc1OC. The third kappa shape index (κ3) is 4.54. The summed E-state index contributed by atoms with van der Waals surface area (Å²) in [6, 6.07) is 11.3. The van der Waals surface area contributed by atoms with Crippen molar-refractivity contribution in [2.24, 2.45) is 0 Å². The molecule has 160 valence electrons. The topological polar surface area (TPSA) is 69.5 Å². The Labute approximate surface area is 184 Å². The van der Waals surface area contributed by atoms with Crippen LogP contribution in [-0.4, -0.2) is 41.2 Å². The van der Waals surface area contributed by atoms with Crippen LogP contribution in [0.5, 0.6) is 11.5 Å². The fraction of sp³-hybridized carbons (Fsp3) is 0.261. The van der Waals surface area contributed by atoms with E-state index in [0.29, 0.717) is 28.7 Å². The molecule has 0 aliphatic rings. The lowest BCUT2D eigenvalue weighted by molar-refractivity contribution is 0.0986. The molecule has 2 aromatic carbocycles. The van der Waals surface area contributed by atoms with Gasteiger partial charge in [-0.2, -0.15) is 0 Å². The van der Waals surface area contributed by atoms with Crippen LogP contribution in [0.1, 0.15) is 22.3 Å². The number of ether oxygens (including phenoxy) is 2. The summed E-state index contributed by atoms with van der Waals surface area (Å²) in [6.07, 6.45) is 6.22. The van der Waals surface area contributed by atoms with Crippen LogP contribution in [0.15, 0.2) is 55.1 Å². The Bertz CT molecular complexity index is 1190. The molecule has 7 nitrogen and oxygen atoms in total. The predicted octanol–water partition coefficient (Wildman–Crippen LogP) is 4.56. The summed E-state index contributed by atoms with van der Waals surface area (Å²) in [4.78, 5) is 24.1. The van der Waals surface area contributed by atoms with Gasteiger partial charge in [-0.3, -0.25) is 9.69 Å². The zero-order chi connectivity index (χ0) is 21.8. The summed E-state index contributed by atoms with van der Waals surface area (Å²) in [5.74, 6) is 0.982. The van der Waals surface area contributed by atoms with Crippen molar-refractivity contribution in [3.63, 3.8) is 0 Å². The van der Waals surface area contributed by atoms with Crippen LogP contribution in [0, 0.1) is 6.92 Å². The molecule has 0 spiro atoms. The summed E-state index contributed by atoms with van der Waals surface area (Å²) in [7, 11) is 3.13. The van der Waals surface area contributed by atoms with Crippen LogP contribution < -0.4 is 14.4 Å². The van der Waals surface area contributed by atoms with Crippen LogP contribution in [0.4, 0.5) is 5.13 Å². The lowest BCUT2D eigenvalue weighted by atomic mass is 10.1. The van der Waals surface area contributed by atoms with Crippen LogP contribution >= 0.6 is 11.3 Å². The molecule has 0 saturated carbocycles. The van der Waals surface area contributed by atoms with Crippen molar-refractivity contribution in [2.75, 3.05) is 25.7 Å². The molecule has 0 N–H and O–H groups in total. The number of carbonyl (C=O) groups excluding carboxylic acids is 1. The number of benzene rings is 2. The minimum Gasteiger partial charge on any atom is -0.493 e. The molecular weight excluding hydrogens is 412 g/mol. The third-order valence-corrected chi connectivity index (χ3v) is 6.04. The Hall–Kier alpha value is -3.39. The molecule has 31 heavy (non-hydrogen) atoms. The molecule has 1 amide bonds. The average Bonchev–Trinajstić information content (AvgIpc) is 3.45. The van der Waals surface area contributed by atoms with Crippen molar-refractivity contribution in [3.05, 3.63) is 66.2 Å². The first kappa shape index (κ1) is 20.9. The normalized spacial score (nSPS) is 10.9. The Balaban J connectivity index is 1.65. The first-order valence-electron chi connectivity index (χ1n) is 9.96. The third-order valence-electron chi connectivity index (χ3n) is 5.00. The van der Waals surface area contributed by atoms with E-state index in [1.807, 2.05) is 22.9 Å². The molecule has 4 aromatic rings. The number of hydrogen-bond donors (Lipinski definition) is 0. The fourth-order valence-electron chi connectivity index (χ4n) is 3.37. The average molecular weight is 437 g/mol. The number of thiazole rings is 1. The Morgan fingerprint density at radius 3 is 2.71 bits per heavy atom. The quantitative estimate of drug-likeness (QED) is 0.405. The van der Waals surface area contributed by atoms with Crippen LogP contribution in [0.2, 0.25) is 0 Å². The number of methoxy groups -OCH3 is 2. The number of carbonyl (C=O) groups is 1. The maximum Gasteiger partial charge on any atom is 0.260 e. The van der Waals surface area contributed by atoms with Crippen LogP contribution in [-0.2, 0) is 6.54 Å². The smallest absolute Gasteiger partial charge is 0.260 e. The molecule has 2 heterocycles. The van der Waals surface area contributed by atoms with Gasteiger partial charge in [0.2, 0.25) is 0 Å². The number of rotatable bonds is 8. The molecule has 4 rings (SSSR count). The van der Waals surface area contributed by atoms with E-state index >= 15 is 0 Å². The zero-order valence-electron chi connectivity index (χ0n) is 17.7. The van der Waals surface area contributed by atoms with Gasteiger partial charge >= 0.3 is 0 Å². The molecule has 0 saturated heterocycles. The van der Waals surface area contributed by atoms with Gasteiger partial charge < -0.3 is 14.0 Å². The molecule has 0 radical (unpaired) electrons. The number of amides is 1. The van der Waals surface area contributed by atoms with Crippen molar-refractivity contribution >= 4 is 32.6 Å². The standard InChI is InChI=1S/C23H24N4O3S/c1-16-5-7-18-21(13-16)31-23(25-18)27(11-4-10-26-12-9-24-15-26)22(28)17-6-8-19(29-2)20(14-17)30-3/h5-9,12-15H,4,10-11H2,1-3H3. The lowest BCUT2D eigenvalue weighted by Crippen LogP contribution is -2.32. The Kier molecular flexibility index (Phi) is 6.18. The number of hydrogen-bond acceptors (Lipinski definition) is 6. The minimum atomic E-state index is -0.123. The number of fused-ring (bicyclic) bond motifs is 1. The second-order valence-corrected chi connectivity index (χ2v) is 8.16. The Morgan fingerprint density at radius 2 is 1.97 bits per heavy atom. The Morgan fingerprint density at radius 1 is 1.13 bits per heavy atom. The number of aromatic nitrogens is 3. The minimum absolute atomic E-state index is 0.123. The van der Waals surface area contributed by atoms with Crippen molar-refractivity contribution < 1.29 is 14.3 Å². The number of anilines is 1. The maximum absolute atomic E-state index is 13.5. The highest BCUT2D eigenvalue weighted by molar-refractivity contribution is 7.22. The molecule has 0 unspecified atom stereocenters. The van der Waals surface area contributed by atoms with Gasteiger partial charge in [-0.15, -0.1) is 0 Å². The van der Waals surface area contributed by atoms with E-state index in [-0.39, 0.29) is 5.91 Å². The number of aryl methyl sites for hydroxylation is 2. The molecule has 8 heteroatoms. The van der Waals surface area contributed by atoms with Gasteiger partial charge in [-0.1, -0.05) is 17.4 Å². The largest absolute Gasteiger partial charge is 0.493 e. The summed E-state index contributed by atoms with van der Waals surface area (Å²) in [5, 5.41) is 0.686. The van der Waals surface area contributed by atoms with E-state index < -0.39 is 0 Å². The van der Waals surface area contributed by atoms with Gasteiger partial charge in [0, 0.05) is 31.0 Å². The van der Waals surface area contributed by atoms with E-state index in [4.69, 9.17) is 14.5 Å². The maximum atomic E-state index is 13.5. The summed E-state index contributed by atoms with van der Waals surface area (Å²) in [6.45, 7) is 3.35. The van der Waals surface area contributed by atoms with E-state index in [2.05, 4.69) is 18.0 Å². The fourth-order valence-corrected chi connectivity index (χ4v) is 4.46. The number of imidazole rings is 1. The van der Waals surface area contributed by atoms with Crippen molar-refractivity contribution in [2.45, 2.75) is 19.9 Å². The monoisotopic (exact) mass is 436 g/mol. The summed E-state index contributed by atoms with van der Waals surface area (Å²) >= 11 is 1.53. The zero-order valence-corrected chi connectivity index (χ0v) is 18.6. The van der Waals surface area contributed by atoms with Gasteiger partial charge in [0.25, 0.3) is 5.91 Å². The first-order valence-corrected chi connectivity index (χ1v) is 10.8. The van der Waals surface area contributed by atoms with Gasteiger partial charge in [0.1, 0.15) is 0 Å². The molecule has 0 aliphatic heterocycles. The highest BCUT2D eigenvalue weighted by atomic mass is 32.1. The summed E-state index contributed by atoms with van der Waals surface area (Å²) < 4.78 is 13.8. The molecule has 2 aromatic heterocycles. The van der Waals surface area contributed by atoms with E-state index in [1.165, 1.54) is 16.9 Å². The second-order valence-electron chi connectivity index (χ2n) is 7.15. The predicted molar refractivity (Wildman–Crippen MR) is 122 cm³/mol. The van der Waals surface area contributed by atoms with Crippen molar-refractivity contribution in [1.82, 2.24) is 14.5 Å². The van der Waals surface area contributed by atoms with E-state index in [9.17, 15) is 4.79 Å². The van der Waals surface area contributed by atoms with Gasteiger partial charge in [-0.05, 0) is 49.2 Å². The first-order chi connectivity index (χ1) is 15.1. The van der Waals surface area contributed by atoms with Crippen molar-refractivity contribution in [1.29, 1.82) is 0 Å². The molecular formula is C23H24N4O3S. The lowest BCUT2D eigenvalue weighted by Gasteiger charge is -2.20. The number of nitrogens with zero attached hydrogens (tertiary/aromatic N) is 4. The van der Waals surface area contributed by atoms with Crippen molar-refractivity contribution in [3.8, 4) is 11.5 Å². The van der Waals surface area contributed by atoms with Crippen LogP contribution in [0.3, 0.4) is 0 Å². The van der Waals surface area contributed by atoms with E-state index in [1.54, 1.807) is 49.8 Å².